The summed E-state index contributed by atoms with van der Waals surface area (Å²) < 4.78 is 34.4. The molecule has 0 atom stereocenters. The van der Waals surface area contributed by atoms with Gasteiger partial charge in [0.2, 0.25) is 10.0 Å². The summed E-state index contributed by atoms with van der Waals surface area (Å²) in [5, 5.41) is 4.35. The van der Waals surface area contributed by atoms with Crippen LogP contribution in [0.3, 0.4) is 0 Å². The zero-order chi connectivity index (χ0) is 15.9. The van der Waals surface area contributed by atoms with E-state index in [4.69, 9.17) is 4.74 Å². The van der Waals surface area contributed by atoms with Gasteiger partial charge in [-0.25, -0.2) is 8.42 Å². The van der Waals surface area contributed by atoms with E-state index in [-0.39, 0.29) is 11.3 Å². The van der Waals surface area contributed by atoms with Crippen LogP contribution in [0, 0.1) is 6.92 Å². The molecule has 1 aliphatic carbocycles. The van der Waals surface area contributed by atoms with Crippen LogP contribution in [0.5, 0.6) is 0 Å². The Labute approximate surface area is 126 Å². The summed E-state index contributed by atoms with van der Waals surface area (Å²) in [5.41, 5.74) is 0.216. The summed E-state index contributed by atoms with van der Waals surface area (Å²) in [7, 11) is -1.89. The molecule has 1 aromatic heterocycles. The molecular weight excluding hydrogens is 290 g/mol. The van der Waals surface area contributed by atoms with Crippen molar-refractivity contribution in [2.75, 3.05) is 17.6 Å². The van der Waals surface area contributed by atoms with Gasteiger partial charge in [0.05, 0.1) is 16.9 Å². The number of ether oxygens (including phenoxy) is 1. The fourth-order valence-corrected chi connectivity index (χ4v) is 4.31. The molecule has 1 fully saturated rings. The highest BCUT2D eigenvalue weighted by molar-refractivity contribution is 7.92. The Balaban J connectivity index is 2.14. The van der Waals surface area contributed by atoms with Gasteiger partial charge in [-0.1, -0.05) is 0 Å². The highest BCUT2D eigenvalue weighted by Crippen LogP contribution is 2.36. The van der Waals surface area contributed by atoms with E-state index in [0.29, 0.717) is 5.82 Å². The van der Waals surface area contributed by atoms with Gasteiger partial charge in [0.25, 0.3) is 0 Å². The normalized spacial score (nSPS) is 18.3. The largest absolute Gasteiger partial charge is 0.377 e. The molecule has 0 bridgehead atoms. The third-order valence-corrected chi connectivity index (χ3v) is 5.36. The minimum absolute atomic E-state index is 0.0159. The van der Waals surface area contributed by atoms with Gasteiger partial charge in [-0.2, -0.15) is 5.10 Å². The van der Waals surface area contributed by atoms with Crippen LogP contribution in [-0.4, -0.2) is 36.7 Å². The zero-order valence-electron chi connectivity index (χ0n) is 13.4. The Hall–Kier alpha value is -1.08. The Bertz CT molecular complexity index is 604. The molecule has 6 nitrogen and oxygen atoms in total. The minimum atomic E-state index is -3.47. The lowest BCUT2D eigenvalue weighted by Crippen LogP contribution is -2.46. The minimum Gasteiger partial charge on any atom is -0.377 e. The van der Waals surface area contributed by atoms with Crippen molar-refractivity contribution in [2.24, 2.45) is 0 Å². The lowest BCUT2D eigenvalue weighted by molar-refractivity contribution is -0.0524. The number of nitrogens with zero attached hydrogens (tertiary/aromatic N) is 2. The quantitative estimate of drug-likeness (QED) is 0.904. The van der Waals surface area contributed by atoms with Crippen LogP contribution in [0.1, 0.15) is 45.7 Å². The predicted octanol–water partition coefficient (Wildman–Crippen LogP) is 2.26. The maximum Gasteiger partial charge on any atom is 0.236 e. The van der Waals surface area contributed by atoms with Crippen LogP contribution in [0.4, 0.5) is 5.82 Å². The zero-order valence-corrected chi connectivity index (χ0v) is 14.2. The molecular formula is C14H25N3O3S. The third-order valence-electron chi connectivity index (χ3n) is 3.93. The van der Waals surface area contributed by atoms with E-state index in [9.17, 15) is 8.42 Å². The maximum absolute atomic E-state index is 12.3. The van der Waals surface area contributed by atoms with E-state index in [2.05, 4.69) is 9.82 Å². The van der Waals surface area contributed by atoms with Crippen molar-refractivity contribution in [3.63, 3.8) is 0 Å². The van der Waals surface area contributed by atoms with E-state index in [0.717, 1.165) is 25.0 Å². The molecule has 120 valence electrons. The van der Waals surface area contributed by atoms with Gasteiger partial charge in [0, 0.05) is 18.9 Å². The van der Waals surface area contributed by atoms with Gasteiger partial charge < -0.3 is 4.74 Å². The van der Waals surface area contributed by atoms with E-state index in [1.54, 1.807) is 13.2 Å². The number of rotatable bonds is 5. The third kappa shape index (κ3) is 3.58. The SMILES string of the molecule is COC1(CS(=O)(=O)Nc2cc(C)n(C(C)(C)C)n2)CCC1. The van der Waals surface area contributed by atoms with Crippen LogP contribution >= 0.6 is 0 Å². The summed E-state index contributed by atoms with van der Waals surface area (Å²) >= 11 is 0. The first-order chi connectivity index (χ1) is 9.57. The second-order valence-electron chi connectivity index (χ2n) is 6.86. The van der Waals surface area contributed by atoms with Crippen molar-refractivity contribution in [3.05, 3.63) is 11.8 Å². The summed E-state index contributed by atoms with van der Waals surface area (Å²) in [6, 6.07) is 1.75. The van der Waals surface area contributed by atoms with E-state index in [1.807, 2.05) is 32.4 Å². The molecule has 1 heterocycles. The molecule has 0 amide bonds. The van der Waals surface area contributed by atoms with Crippen molar-refractivity contribution in [1.82, 2.24) is 9.78 Å². The molecule has 0 spiro atoms. The molecule has 1 aliphatic rings. The van der Waals surface area contributed by atoms with Gasteiger partial charge in [-0.3, -0.25) is 9.40 Å². The molecule has 0 aliphatic heterocycles. The van der Waals surface area contributed by atoms with Gasteiger partial charge in [0.15, 0.2) is 5.82 Å². The summed E-state index contributed by atoms with van der Waals surface area (Å²) in [6.07, 6.45) is 2.60. The number of aryl methyl sites for hydroxylation is 1. The average Bonchev–Trinajstić information content (AvgIpc) is 2.63. The number of anilines is 1. The van der Waals surface area contributed by atoms with Gasteiger partial charge in [-0.05, 0) is 47.0 Å². The summed E-state index contributed by atoms with van der Waals surface area (Å²) in [6.45, 7) is 8.00. The standard InChI is InChI=1S/C14H25N3O3S/c1-11-9-12(15-17(11)13(2,3)4)16-21(18,19)10-14(20-5)7-6-8-14/h9H,6-8,10H2,1-5H3,(H,15,16). The van der Waals surface area contributed by atoms with Crippen LogP contribution in [0.25, 0.3) is 0 Å². The molecule has 0 radical (unpaired) electrons. The van der Waals surface area contributed by atoms with E-state index >= 15 is 0 Å². The monoisotopic (exact) mass is 315 g/mol. The lowest BCUT2D eigenvalue weighted by Gasteiger charge is -2.39. The maximum atomic E-state index is 12.3. The lowest BCUT2D eigenvalue weighted by atomic mass is 9.82. The van der Waals surface area contributed by atoms with Gasteiger partial charge >= 0.3 is 0 Å². The highest BCUT2D eigenvalue weighted by atomic mass is 32.2. The molecule has 21 heavy (non-hydrogen) atoms. The second-order valence-corrected chi connectivity index (χ2v) is 8.58. The smallest absolute Gasteiger partial charge is 0.236 e. The number of methoxy groups -OCH3 is 1. The molecule has 1 aromatic rings. The number of aromatic nitrogens is 2. The fraction of sp³-hybridized carbons (Fsp3) is 0.786. The highest BCUT2D eigenvalue weighted by Gasteiger charge is 2.41. The Morgan fingerprint density at radius 2 is 2.05 bits per heavy atom. The van der Waals surface area contributed by atoms with Crippen LogP contribution in [0.2, 0.25) is 0 Å². The van der Waals surface area contributed by atoms with Crippen molar-refractivity contribution in [2.45, 2.75) is 58.1 Å². The molecule has 7 heteroatoms. The van der Waals surface area contributed by atoms with Crippen molar-refractivity contribution < 1.29 is 13.2 Å². The van der Waals surface area contributed by atoms with Crippen LogP contribution in [-0.2, 0) is 20.3 Å². The van der Waals surface area contributed by atoms with Crippen molar-refractivity contribution in [3.8, 4) is 0 Å². The van der Waals surface area contributed by atoms with Crippen molar-refractivity contribution >= 4 is 15.8 Å². The second kappa shape index (κ2) is 5.28. The first kappa shape index (κ1) is 16.3. The first-order valence-corrected chi connectivity index (χ1v) is 8.85. The Morgan fingerprint density at radius 1 is 1.43 bits per heavy atom. The summed E-state index contributed by atoms with van der Waals surface area (Å²) in [5.74, 6) is 0.353. The van der Waals surface area contributed by atoms with Gasteiger partial charge in [-0.15, -0.1) is 0 Å². The topological polar surface area (TPSA) is 73.2 Å². The first-order valence-electron chi connectivity index (χ1n) is 7.20. The Morgan fingerprint density at radius 3 is 2.43 bits per heavy atom. The van der Waals surface area contributed by atoms with E-state index in [1.165, 1.54) is 0 Å². The number of hydrogen-bond donors (Lipinski definition) is 1. The molecule has 1 saturated carbocycles. The summed E-state index contributed by atoms with van der Waals surface area (Å²) in [4.78, 5) is 0. The molecule has 0 saturated heterocycles. The van der Waals surface area contributed by atoms with Crippen LogP contribution in [0.15, 0.2) is 6.07 Å². The average molecular weight is 315 g/mol. The molecule has 1 N–H and O–H groups in total. The number of sulfonamides is 1. The molecule has 2 rings (SSSR count). The van der Waals surface area contributed by atoms with Crippen LogP contribution < -0.4 is 4.72 Å². The van der Waals surface area contributed by atoms with Crippen molar-refractivity contribution in [1.29, 1.82) is 0 Å². The molecule has 0 aromatic carbocycles. The predicted molar refractivity (Wildman–Crippen MR) is 83.0 cm³/mol. The van der Waals surface area contributed by atoms with Gasteiger partial charge in [0.1, 0.15) is 0 Å². The number of nitrogens with one attached hydrogen (secondary N) is 1. The fourth-order valence-electron chi connectivity index (χ4n) is 2.72. The Kier molecular flexibility index (Phi) is 4.10. The number of hydrogen-bond acceptors (Lipinski definition) is 4. The van der Waals surface area contributed by atoms with E-state index < -0.39 is 15.6 Å². The molecule has 0 unspecified atom stereocenters.